The molecule has 134 valence electrons. The van der Waals surface area contributed by atoms with Crippen LogP contribution in [0.4, 0.5) is 0 Å². The maximum atomic E-state index is 13.6. The van der Waals surface area contributed by atoms with E-state index in [2.05, 4.69) is 94.2 Å². The topological polar surface area (TPSA) is 20.3 Å². The van der Waals surface area contributed by atoms with Gasteiger partial charge in [-0.2, -0.15) is 0 Å². The summed E-state index contributed by atoms with van der Waals surface area (Å²) in [6.07, 6.45) is 2.06. The maximum Gasteiger partial charge on any atom is 0.230 e. The molecule has 0 aliphatic heterocycles. The number of carbonyl (C=O) groups excluding carboxylic acids is 1. The lowest BCUT2D eigenvalue weighted by molar-refractivity contribution is -0.173. The van der Waals surface area contributed by atoms with Crippen molar-refractivity contribution in [3.63, 3.8) is 0 Å². The van der Waals surface area contributed by atoms with Gasteiger partial charge in [-0.15, -0.1) is 0 Å². The third-order valence-corrected chi connectivity index (χ3v) is 9.56. The fourth-order valence-corrected chi connectivity index (χ4v) is 9.98. The summed E-state index contributed by atoms with van der Waals surface area (Å²) in [5.74, 6) is 1.36. The molecule has 3 saturated carbocycles. The largest absolute Gasteiger partial charge is 0.342 e. The molecule has 3 fully saturated rings. The number of hydrogen-bond acceptors (Lipinski definition) is 1. The van der Waals surface area contributed by atoms with Crippen LogP contribution >= 0.6 is 47.8 Å². The van der Waals surface area contributed by atoms with Crippen molar-refractivity contribution in [2.45, 2.75) is 62.9 Å². The van der Waals surface area contributed by atoms with Gasteiger partial charge in [-0.3, -0.25) is 4.79 Å². The maximum absolute atomic E-state index is 13.6. The molecule has 3 unspecified atom stereocenters. The summed E-state index contributed by atoms with van der Waals surface area (Å²) >= 11 is 11.5. The molecule has 3 aliphatic carbocycles. The summed E-state index contributed by atoms with van der Waals surface area (Å²) in [6.45, 7) is 15.1. The van der Waals surface area contributed by atoms with E-state index in [-0.39, 0.29) is 24.8 Å². The lowest BCUT2D eigenvalue weighted by Gasteiger charge is -2.66. The predicted molar refractivity (Wildman–Crippen MR) is 108 cm³/mol. The minimum atomic E-state index is -0.267. The molecule has 0 N–H and O–H groups in total. The van der Waals surface area contributed by atoms with E-state index in [1.54, 1.807) is 0 Å². The lowest BCUT2D eigenvalue weighted by Crippen LogP contribution is -2.72. The first-order valence-electron chi connectivity index (χ1n) is 8.66. The number of halogens is 3. The van der Waals surface area contributed by atoms with Gasteiger partial charge in [0.2, 0.25) is 5.91 Å². The Bertz CT molecular complexity index is 467. The molecule has 3 atom stereocenters. The Labute approximate surface area is 166 Å². The number of nitrogens with zero attached hydrogens (tertiary/aromatic N) is 1. The third-order valence-electron chi connectivity index (χ3n) is 6.33. The first kappa shape index (κ1) is 20.2. The van der Waals surface area contributed by atoms with Crippen molar-refractivity contribution in [1.82, 2.24) is 4.90 Å². The SMILES string of the molecule is CC(C)CN(CC(C)C)C(=O)C12CCC(C(Br)Br)(C1Br)C2(C)C. The average molecular weight is 516 g/mol. The number of hydrogen-bond donors (Lipinski definition) is 0. The molecule has 0 aromatic carbocycles. The Morgan fingerprint density at radius 3 is 1.87 bits per heavy atom. The van der Waals surface area contributed by atoms with Crippen LogP contribution in [-0.2, 0) is 4.79 Å². The van der Waals surface area contributed by atoms with Crippen LogP contribution in [0.1, 0.15) is 54.4 Å². The van der Waals surface area contributed by atoms with Gasteiger partial charge in [0.1, 0.15) is 0 Å². The highest BCUT2D eigenvalue weighted by atomic mass is 79.9. The Balaban J connectivity index is 2.35. The normalized spacial score (nSPS) is 35.0. The molecule has 1 amide bonds. The van der Waals surface area contributed by atoms with Crippen LogP contribution in [0.2, 0.25) is 0 Å². The van der Waals surface area contributed by atoms with E-state index in [9.17, 15) is 4.79 Å². The summed E-state index contributed by atoms with van der Waals surface area (Å²) in [6, 6.07) is 0. The van der Waals surface area contributed by atoms with E-state index in [0.717, 1.165) is 25.9 Å². The molecular formula is C18H30Br3NO. The minimum Gasteiger partial charge on any atom is -0.342 e. The second-order valence-electron chi connectivity index (χ2n) is 8.80. The highest BCUT2D eigenvalue weighted by Crippen LogP contribution is 2.82. The standard InChI is InChI=1S/C18H30Br3NO/c1-11(2)9-22(10-12(3)4)15(23)18-8-7-17(13(18)19,14(20)21)16(18,5)6/h11-14H,7-10H2,1-6H3. The Morgan fingerprint density at radius 1 is 1.09 bits per heavy atom. The van der Waals surface area contributed by atoms with Crippen molar-refractivity contribution in [3.8, 4) is 0 Å². The van der Waals surface area contributed by atoms with Crippen molar-refractivity contribution in [2.75, 3.05) is 13.1 Å². The Kier molecular flexibility index (Phi) is 5.78. The van der Waals surface area contributed by atoms with Gasteiger partial charge in [-0.25, -0.2) is 0 Å². The summed E-state index contributed by atoms with van der Waals surface area (Å²) < 4.78 is 0.231. The van der Waals surface area contributed by atoms with Gasteiger partial charge in [-0.05, 0) is 30.1 Å². The second kappa shape index (κ2) is 6.57. The zero-order valence-electron chi connectivity index (χ0n) is 15.1. The van der Waals surface area contributed by atoms with Gasteiger partial charge in [-0.1, -0.05) is 89.3 Å². The molecule has 0 spiro atoms. The molecule has 3 rings (SSSR count). The lowest BCUT2D eigenvalue weighted by atomic mass is 9.43. The molecule has 0 aromatic rings. The van der Waals surface area contributed by atoms with Gasteiger partial charge >= 0.3 is 0 Å². The smallest absolute Gasteiger partial charge is 0.230 e. The van der Waals surface area contributed by atoms with E-state index in [1.165, 1.54) is 0 Å². The van der Waals surface area contributed by atoms with Gasteiger partial charge in [0.25, 0.3) is 0 Å². The van der Waals surface area contributed by atoms with Crippen molar-refractivity contribution in [3.05, 3.63) is 0 Å². The van der Waals surface area contributed by atoms with Crippen LogP contribution in [-0.4, -0.2) is 32.5 Å². The summed E-state index contributed by atoms with van der Waals surface area (Å²) in [4.78, 5) is 16.0. The zero-order valence-corrected chi connectivity index (χ0v) is 19.9. The average Bonchev–Trinajstić information content (AvgIpc) is 2.85. The van der Waals surface area contributed by atoms with E-state index in [1.807, 2.05) is 0 Å². The molecule has 23 heavy (non-hydrogen) atoms. The highest BCUT2D eigenvalue weighted by molar-refractivity contribution is 9.24. The molecule has 3 aliphatic rings. The molecule has 2 bridgehead atoms. The Hall–Kier alpha value is 0.910. The van der Waals surface area contributed by atoms with Gasteiger partial charge in [0, 0.05) is 23.3 Å². The van der Waals surface area contributed by atoms with Gasteiger partial charge in [0.15, 0.2) is 0 Å². The van der Waals surface area contributed by atoms with Crippen LogP contribution in [0.3, 0.4) is 0 Å². The molecule has 0 radical (unpaired) electrons. The number of carbonyl (C=O) groups is 1. The van der Waals surface area contributed by atoms with E-state index < -0.39 is 0 Å². The van der Waals surface area contributed by atoms with E-state index in [0.29, 0.717) is 17.7 Å². The number of rotatable bonds is 6. The summed E-state index contributed by atoms with van der Waals surface area (Å²) in [7, 11) is 0. The predicted octanol–water partition coefficient (Wildman–Crippen LogP) is 5.81. The van der Waals surface area contributed by atoms with Crippen LogP contribution in [0.25, 0.3) is 0 Å². The van der Waals surface area contributed by atoms with Crippen molar-refractivity contribution in [1.29, 1.82) is 0 Å². The van der Waals surface area contributed by atoms with Gasteiger partial charge in [0.05, 0.1) is 9.15 Å². The number of amides is 1. The number of fused-ring (bicyclic) bond motifs is 1. The molecule has 2 nitrogen and oxygen atoms in total. The van der Waals surface area contributed by atoms with E-state index >= 15 is 0 Å². The van der Waals surface area contributed by atoms with Crippen LogP contribution in [0.5, 0.6) is 0 Å². The number of alkyl halides is 3. The highest BCUT2D eigenvalue weighted by Gasteiger charge is 2.83. The monoisotopic (exact) mass is 513 g/mol. The molecule has 0 aromatic heterocycles. The molecular weight excluding hydrogens is 486 g/mol. The first-order valence-corrected chi connectivity index (χ1v) is 11.4. The molecule has 0 heterocycles. The van der Waals surface area contributed by atoms with Crippen LogP contribution in [0.15, 0.2) is 0 Å². The fraction of sp³-hybridized carbons (Fsp3) is 0.944. The first-order chi connectivity index (χ1) is 10.4. The van der Waals surface area contributed by atoms with Gasteiger partial charge < -0.3 is 4.90 Å². The Morgan fingerprint density at radius 2 is 1.57 bits per heavy atom. The zero-order chi connectivity index (χ0) is 17.8. The fourth-order valence-electron chi connectivity index (χ4n) is 5.07. The third kappa shape index (κ3) is 2.61. The molecule has 0 saturated heterocycles. The van der Waals surface area contributed by atoms with Crippen LogP contribution in [0, 0.1) is 28.1 Å². The van der Waals surface area contributed by atoms with Crippen molar-refractivity contribution in [2.24, 2.45) is 28.1 Å². The quantitative estimate of drug-likeness (QED) is 0.408. The van der Waals surface area contributed by atoms with E-state index in [4.69, 9.17) is 0 Å². The van der Waals surface area contributed by atoms with Crippen molar-refractivity contribution >= 4 is 53.7 Å². The van der Waals surface area contributed by atoms with Crippen LogP contribution < -0.4 is 0 Å². The summed E-state index contributed by atoms with van der Waals surface area (Å²) in [5, 5.41) is 0. The summed E-state index contributed by atoms with van der Waals surface area (Å²) in [5.41, 5.74) is -0.185. The minimum absolute atomic E-state index is 0.0187. The molecule has 5 heteroatoms. The second-order valence-corrected chi connectivity index (χ2v) is 12.8. The van der Waals surface area contributed by atoms with Crippen molar-refractivity contribution < 1.29 is 4.79 Å².